The van der Waals surface area contributed by atoms with Gasteiger partial charge in [-0.3, -0.25) is 4.79 Å². The topological polar surface area (TPSA) is 35.5 Å². The second-order valence-corrected chi connectivity index (χ2v) is 4.29. The fourth-order valence-corrected chi connectivity index (χ4v) is 1.53. The third kappa shape index (κ3) is 5.39. The van der Waals surface area contributed by atoms with Gasteiger partial charge in [-0.25, -0.2) is 0 Å². The molecule has 0 aliphatic heterocycles. The first-order valence-corrected chi connectivity index (χ1v) is 5.75. The van der Waals surface area contributed by atoms with Crippen molar-refractivity contribution in [3.63, 3.8) is 0 Å². The van der Waals surface area contributed by atoms with Gasteiger partial charge < -0.3 is 9.47 Å². The lowest BCUT2D eigenvalue weighted by molar-refractivity contribution is -0.274. The summed E-state index contributed by atoms with van der Waals surface area (Å²) < 4.78 is 45.1. The molecule has 1 aromatic carbocycles. The van der Waals surface area contributed by atoms with Gasteiger partial charge in [0, 0.05) is 6.42 Å². The summed E-state index contributed by atoms with van der Waals surface area (Å²) in [6.07, 6.45) is -4.49. The Balaban J connectivity index is 2.64. The second-order valence-electron chi connectivity index (χ2n) is 3.44. The van der Waals surface area contributed by atoms with Crippen molar-refractivity contribution in [2.75, 3.05) is 6.61 Å². The van der Waals surface area contributed by atoms with Crippen LogP contribution >= 0.6 is 15.9 Å². The van der Waals surface area contributed by atoms with E-state index in [0.717, 1.165) is 6.07 Å². The predicted molar refractivity (Wildman–Crippen MR) is 61.6 cm³/mol. The van der Waals surface area contributed by atoms with E-state index in [2.05, 4.69) is 20.7 Å². The highest BCUT2D eigenvalue weighted by Crippen LogP contribution is 2.33. The number of ketones is 1. The van der Waals surface area contributed by atoms with Crippen molar-refractivity contribution in [2.45, 2.75) is 19.7 Å². The van der Waals surface area contributed by atoms with E-state index < -0.39 is 6.36 Å². The van der Waals surface area contributed by atoms with Gasteiger partial charge in [0.15, 0.2) is 0 Å². The zero-order chi connectivity index (χ0) is 13.8. The number of hydrogen-bond donors (Lipinski definition) is 0. The van der Waals surface area contributed by atoms with Crippen molar-refractivity contribution in [3.05, 3.63) is 22.7 Å². The molecule has 0 saturated carbocycles. The van der Waals surface area contributed by atoms with E-state index in [1.807, 2.05) is 0 Å². The average molecular weight is 327 g/mol. The van der Waals surface area contributed by atoms with Crippen molar-refractivity contribution < 1.29 is 27.4 Å². The number of ether oxygens (including phenoxy) is 2. The largest absolute Gasteiger partial charge is 0.573 e. The molecule has 0 N–H and O–H groups in total. The highest BCUT2D eigenvalue weighted by atomic mass is 79.9. The van der Waals surface area contributed by atoms with E-state index in [1.54, 1.807) is 0 Å². The van der Waals surface area contributed by atoms with Crippen LogP contribution in [0.4, 0.5) is 13.2 Å². The standard InChI is InChI=1S/C11H10BrF3O3/c1-7(16)4-5-17-8-2-3-10(9(12)6-8)18-11(13,14)15/h2-3,6H,4-5H2,1H3. The van der Waals surface area contributed by atoms with E-state index in [-0.39, 0.29) is 29.0 Å². The van der Waals surface area contributed by atoms with E-state index >= 15 is 0 Å². The fourth-order valence-electron chi connectivity index (χ4n) is 1.09. The lowest BCUT2D eigenvalue weighted by atomic mass is 10.3. The minimum Gasteiger partial charge on any atom is -0.493 e. The van der Waals surface area contributed by atoms with Gasteiger partial charge in [0.1, 0.15) is 17.3 Å². The number of carbonyl (C=O) groups is 1. The van der Waals surface area contributed by atoms with Gasteiger partial charge in [0.05, 0.1) is 11.1 Å². The van der Waals surface area contributed by atoms with Gasteiger partial charge in [0.2, 0.25) is 0 Å². The highest BCUT2D eigenvalue weighted by Gasteiger charge is 2.31. The van der Waals surface area contributed by atoms with E-state index in [9.17, 15) is 18.0 Å². The van der Waals surface area contributed by atoms with Crippen molar-refractivity contribution in [1.29, 1.82) is 0 Å². The molecule has 0 atom stereocenters. The van der Waals surface area contributed by atoms with Crippen LogP contribution in [0.5, 0.6) is 11.5 Å². The Kier molecular flexibility index (Phi) is 5.01. The Morgan fingerprint density at radius 1 is 1.39 bits per heavy atom. The molecule has 3 nitrogen and oxygen atoms in total. The van der Waals surface area contributed by atoms with Crippen LogP contribution < -0.4 is 9.47 Å². The van der Waals surface area contributed by atoms with Crippen molar-refractivity contribution in [1.82, 2.24) is 0 Å². The summed E-state index contributed by atoms with van der Waals surface area (Å²) in [5, 5.41) is 0. The van der Waals surface area contributed by atoms with Crippen LogP contribution in [0.25, 0.3) is 0 Å². The van der Waals surface area contributed by atoms with Crippen LogP contribution in [0.3, 0.4) is 0 Å². The zero-order valence-corrected chi connectivity index (χ0v) is 11.0. The number of carbonyl (C=O) groups excluding carboxylic acids is 1. The van der Waals surface area contributed by atoms with Gasteiger partial charge in [0.25, 0.3) is 0 Å². The number of hydrogen-bond acceptors (Lipinski definition) is 3. The van der Waals surface area contributed by atoms with Gasteiger partial charge in [-0.1, -0.05) is 0 Å². The summed E-state index contributed by atoms with van der Waals surface area (Å²) in [4.78, 5) is 10.7. The Morgan fingerprint density at radius 3 is 2.56 bits per heavy atom. The Morgan fingerprint density at radius 2 is 2.06 bits per heavy atom. The average Bonchev–Trinajstić information content (AvgIpc) is 2.19. The van der Waals surface area contributed by atoms with Crippen LogP contribution in [0.15, 0.2) is 22.7 Å². The third-order valence-electron chi connectivity index (χ3n) is 1.85. The van der Waals surface area contributed by atoms with Gasteiger partial charge >= 0.3 is 6.36 Å². The Bertz CT molecular complexity index is 432. The summed E-state index contributed by atoms with van der Waals surface area (Å²) >= 11 is 2.95. The molecule has 0 fully saturated rings. The third-order valence-corrected chi connectivity index (χ3v) is 2.47. The second kappa shape index (κ2) is 6.08. The molecule has 7 heteroatoms. The molecule has 0 spiro atoms. The molecule has 0 unspecified atom stereocenters. The van der Waals surface area contributed by atoms with Crippen LogP contribution in [0.2, 0.25) is 0 Å². The predicted octanol–water partition coefficient (Wildman–Crippen LogP) is 3.71. The quantitative estimate of drug-likeness (QED) is 0.827. The molecule has 0 saturated heterocycles. The van der Waals surface area contributed by atoms with Crippen LogP contribution in [0, 0.1) is 0 Å². The molecule has 0 aromatic heterocycles. The molecule has 0 radical (unpaired) electrons. The molecular weight excluding hydrogens is 317 g/mol. The summed E-state index contributed by atoms with van der Waals surface area (Å²) in [7, 11) is 0. The molecule has 0 aliphatic rings. The minimum absolute atomic E-state index is 0.0221. The lowest BCUT2D eigenvalue weighted by Gasteiger charge is -2.12. The van der Waals surface area contributed by atoms with E-state index in [1.165, 1.54) is 19.1 Å². The summed E-state index contributed by atoms with van der Waals surface area (Å²) in [5.41, 5.74) is 0. The fraction of sp³-hybridized carbons (Fsp3) is 0.364. The monoisotopic (exact) mass is 326 g/mol. The minimum atomic E-state index is -4.74. The summed E-state index contributed by atoms with van der Waals surface area (Å²) in [5.74, 6) is -0.00911. The lowest BCUT2D eigenvalue weighted by Crippen LogP contribution is -2.17. The molecule has 0 bridgehead atoms. The SMILES string of the molecule is CC(=O)CCOc1ccc(OC(F)(F)F)c(Br)c1. The number of rotatable bonds is 5. The van der Waals surface area contributed by atoms with Crippen LogP contribution in [-0.2, 0) is 4.79 Å². The summed E-state index contributed by atoms with van der Waals surface area (Å²) in [6.45, 7) is 1.61. The van der Waals surface area contributed by atoms with Crippen LogP contribution in [0.1, 0.15) is 13.3 Å². The first kappa shape index (κ1) is 14.8. The van der Waals surface area contributed by atoms with Crippen molar-refractivity contribution in [2.24, 2.45) is 0 Å². The first-order valence-electron chi connectivity index (χ1n) is 4.95. The van der Waals surface area contributed by atoms with E-state index in [0.29, 0.717) is 5.75 Å². The van der Waals surface area contributed by atoms with Crippen LogP contribution in [-0.4, -0.2) is 18.8 Å². The molecule has 1 rings (SSSR count). The van der Waals surface area contributed by atoms with E-state index in [4.69, 9.17) is 4.74 Å². The molecular formula is C11H10BrF3O3. The Hall–Kier alpha value is -1.24. The normalized spacial score (nSPS) is 11.2. The number of Topliss-reactive ketones (excluding diaryl/α,β-unsaturated/α-hetero) is 1. The molecule has 1 aromatic rings. The maximum atomic E-state index is 12.0. The van der Waals surface area contributed by atoms with Gasteiger partial charge in [-0.2, -0.15) is 0 Å². The number of benzene rings is 1. The number of halogens is 4. The maximum Gasteiger partial charge on any atom is 0.573 e. The van der Waals surface area contributed by atoms with Gasteiger partial charge in [-0.15, -0.1) is 13.2 Å². The summed E-state index contributed by atoms with van der Waals surface area (Å²) in [6, 6.07) is 3.83. The Labute approximate surface area is 110 Å². The maximum absolute atomic E-state index is 12.0. The molecule has 100 valence electrons. The molecule has 18 heavy (non-hydrogen) atoms. The van der Waals surface area contributed by atoms with Crippen molar-refractivity contribution in [3.8, 4) is 11.5 Å². The van der Waals surface area contributed by atoms with Gasteiger partial charge in [-0.05, 0) is 41.1 Å². The smallest absolute Gasteiger partial charge is 0.493 e. The molecule has 0 aliphatic carbocycles. The van der Waals surface area contributed by atoms with Crippen molar-refractivity contribution >= 4 is 21.7 Å². The molecule has 0 heterocycles. The first-order chi connectivity index (χ1) is 8.28. The molecule has 0 amide bonds. The number of alkyl halides is 3. The highest BCUT2D eigenvalue weighted by molar-refractivity contribution is 9.10. The zero-order valence-electron chi connectivity index (χ0n) is 9.38.